The zero-order chi connectivity index (χ0) is 18.1. The number of hydrogen-bond donors (Lipinski definition) is 2. The van der Waals surface area contributed by atoms with Crippen molar-refractivity contribution in [3.05, 3.63) is 47.8 Å². The van der Waals surface area contributed by atoms with Crippen LogP contribution in [0.25, 0.3) is 0 Å². The molecule has 25 heavy (non-hydrogen) atoms. The number of amides is 1. The SMILES string of the molecule is CCCCCNc1nccc(C(=O)Nc2ccc(C(=O)OC)cc2)n1. The van der Waals surface area contributed by atoms with E-state index in [1.807, 2.05) is 0 Å². The lowest BCUT2D eigenvalue weighted by atomic mass is 10.2. The first-order chi connectivity index (χ1) is 12.1. The molecule has 0 aliphatic carbocycles. The predicted octanol–water partition coefficient (Wildman–Crippen LogP) is 3.12. The van der Waals surface area contributed by atoms with E-state index in [4.69, 9.17) is 0 Å². The molecule has 2 rings (SSSR count). The first kappa shape index (κ1) is 18.4. The van der Waals surface area contributed by atoms with Crippen LogP contribution >= 0.6 is 0 Å². The highest BCUT2D eigenvalue weighted by Crippen LogP contribution is 2.12. The maximum atomic E-state index is 12.3. The lowest BCUT2D eigenvalue weighted by Crippen LogP contribution is -2.15. The molecule has 0 unspecified atom stereocenters. The van der Waals surface area contributed by atoms with E-state index in [9.17, 15) is 9.59 Å². The van der Waals surface area contributed by atoms with Crippen LogP contribution in [0.5, 0.6) is 0 Å². The molecule has 1 aromatic heterocycles. The van der Waals surface area contributed by atoms with Gasteiger partial charge in [0.05, 0.1) is 12.7 Å². The maximum absolute atomic E-state index is 12.3. The molecule has 2 aromatic rings. The van der Waals surface area contributed by atoms with Gasteiger partial charge in [0.1, 0.15) is 5.69 Å². The second-order valence-corrected chi connectivity index (χ2v) is 5.42. The van der Waals surface area contributed by atoms with Gasteiger partial charge in [-0.1, -0.05) is 19.8 Å². The lowest BCUT2D eigenvalue weighted by Gasteiger charge is -2.08. The van der Waals surface area contributed by atoms with E-state index in [0.29, 0.717) is 17.2 Å². The quantitative estimate of drug-likeness (QED) is 0.565. The van der Waals surface area contributed by atoms with Crippen molar-refractivity contribution in [2.24, 2.45) is 0 Å². The first-order valence-corrected chi connectivity index (χ1v) is 8.20. The van der Waals surface area contributed by atoms with Gasteiger partial charge in [-0.2, -0.15) is 0 Å². The van der Waals surface area contributed by atoms with Crippen LogP contribution in [0, 0.1) is 0 Å². The molecule has 1 amide bonds. The Balaban J connectivity index is 1.97. The summed E-state index contributed by atoms with van der Waals surface area (Å²) in [5, 5.41) is 5.85. The van der Waals surface area contributed by atoms with Gasteiger partial charge in [0.15, 0.2) is 0 Å². The summed E-state index contributed by atoms with van der Waals surface area (Å²) in [6, 6.07) is 7.99. The van der Waals surface area contributed by atoms with Gasteiger partial charge in [0.25, 0.3) is 5.91 Å². The minimum Gasteiger partial charge on any atom is -0.465 e. The van der Waals surface area contributed by atoms with Gasteiger partial charge in [0, 0.05) is 18.4 Å². The average molecular weight is 342 g/mol. The Morgan fingerprint density at radius 3 is 2.56 bits per heavy atom. The van der Waals surface area contributed by atoms with Crippen LogP contribution in [0.15, 0.2) is 36.5 Å². The molecule has 2 N–H and O–H groups in total. The third kappa shape index (κ3) is 5.56. The Bertz CT molecular complexity index is 717. The number of carbonyl (C=O) groups is 2. The number of aromatic nitrogens is 2. The molecule has 0 aliphatic heterocycles. The summed E-state index contributed by atoms with van der Waals surface area (Å²) in [5.74, 6) is -0.331. The summed E-state index contributed by atoms with van der Waals surface area (Å²) in [7, 11) is 1.32. The Morgan fingerprint density at radius 2 is 1.88 bits per heavy atom. The summed E-state index contributed by atoms with van der Waals surface area (Å²) in [6.45, 7) is 2.91. The largest absolute Gasteiger partial charge is 0.465 e. The van der Waals surface area contributed by atoms with Crippen LogP contribution in [-0.4, -0.2) is 35.5 Å². The summed E-state index contributed by atoms with van der Waals surface area (Å²) < 4.78 is 4.64. The van der Waals surface area contributed by atoms with E-state index < -0.39 is 5.97 Å². The second kappa shape index (κ2) is 9.36. The maximum Gasteiger partial charge on any atom is 0.337 e. The van der Waals surface area contributed by atoms with Gasteiger partial charge in [-0.05, 0) is 36.8 Å². The molecule has 0 saturated heterocycles. The van der Waals surface area contributed by atoms with E-state index in [2.05, 4.69) is 32.3 Å². The molecule has 0 radical (unpaired) electrons. The molecule has 0 aliphatic rings. The summed E-state index contributed by atoms with van der Waals surface area (Å²) in [4.78, 5) is 32.0. The Labute approximate surface area is 146 Å². The van der Waals surface area contributed by atoms with Crippen molar-refractivity contribution in [2.75, 3.05) is 24.3 Å². The molecule has 0 atom stereocenters. The fourth-order valence-corrected chi connectivity index (χ4v) is 2.15. The molecule has 7 heteroatoms. The first-order valence-electron chi connectivity index (χ1n) is 8.20. The molecular formula is C18H22N4O3. The van der Waals surface area contributed by atoms with E-state index in [-0.39, 0.29) is 11.6 Å². The van der Waals surface area contributed by atoms with Gasteiger partial charge in [-0.25, -0.2) is 14.8 Å². The number of benzene rings is 1. The van der Waals surface area contributed by atoms with Crippen molar-refractivity contribution in [3.8, 4) is 0 Å². The third-order valence-corrected chi connectivity index (χ3v) is 3.52. The van der Waals surface area contributed by atoms with Crippen LogP contribution in [0.3, 0.4) is 0 Å². The van der Waals surface area contributed by atoms with Crippen molar-refractivity contribution in [1.29, 1.82) is 0 Å². The lowest BCUT2D eigenvalue weighted by molar-refractivity contribution is 0.0600. The summed E-state index contributed by atoms with van der Waals surface area (Å²) in [6.07, 6.45) is 4.85. The molecule has 132 valence electrons. The monoisotopic (exact) mass is 342 g/mol. The van der Waals surface area contributed by atoms with Gasteiger partial charge in [0.2, 0.25) is 5.95 Å². The predicted molar refractivity (Wildman–Crippen MR) is 95.8 cm³/mol. The molecule has 0 spiro atoms. The number of nitrogens with zero attached hydrogens (tertiary/aromatic N) is 2. The summed E-state index contributed by atoms with van der Waals surface area (Å²) >= 11 is 0. The zero-order valence-corrected chi connectivity index (χ0v) is 14.4. The highest BCUT2D eigenvalue weighted by Gasteiger charge is 2.10. The van der Waals surface area contributed by atoms with Crippen molar-refractivity contribution in [2.45, 2.75) is 26.2 Å². The van der Waals surface area contributed by atoms with Crippen LogP contribution < -0.4 is 10.6 Å². The van der Waals surface area contributed by atoms with Crippen LogP contribution in [0.1, 0.15) is 47.0 Å². The minimum absolute atomic E-state index is 0.269. The van der Waals surface area contributed by atoms with Gasteiger partial charge < -0.3 is 15.4 Å². The van der Waals surface area contributed by atoms with Gasteiger partial charge >= 0.3 is 5.97 Å². The van der Waals surface area contributed by atoms with Gasteiger partial charge in [-0.15, -0.1) is 0 Å². The van der Waals surface area contributed by atoms with Crippen molar-refractivity contribution < 1.29 is 14.3 Å². The number of rotatable bonds is 8. The van der Waals surface area contributed by atoms with Crippen molar-refractivity contribution >= 4 is 23.5 Å². The van der Waals surface area contributed by atoms with E-state index in [1.54, 1.807) is 36.5 Å². The van der Waals surface area contributed by atoms with E-state index in [0.717, 1.165) is 25.8 Å². The zero-order valence-electron chi connectivity index (χ0n) is 14.4. The third-order valence-electron chi connectivity index (χ3n) is 3.52. The number of hydrogen-bond acceptors (Lipinski definition) is 6. The van der Waals surface area contributed by atoms with Crippen LogP contribution in [0.2, 0.25) is 0 Å². The minimum atomic E-state index is -0.424. The number of unbranched alkanes of at least 4 members (excludes halogenated alkanes) is 2. The number of methoxy groups -OCH3 is 1. The number of esters is 1. The highest BCUT2D eigenvalue weighted by molar-refractivity contribution is 6.03. The molecule has 1 heterocycles. The number of carbonyl (C=O) groups excluding carboxylic acids is 2. The average Bonchev–Trinajstić information content (AvgIpc) is 2.65. The van der Waals surface area contributed by atoms with Crippen LogP contribution in [0.4, 0.5) is 11.6 Å². The second-order valence-electron chi connectivity index (χ2n) is 5.42. The Kier molecular flexibility index (Phi) is 6.88. The number of nitrogens with one attached hydrogen (secondary N) is 2. The Morgan fingerprint density at radius 1 is 1.12 bits per heavy atom. The van der Waals surface area contributed by atoms with Gasteiger partial charge in [-0.3, -0.25) is 4.79 Å². The topological polar surface area (TPSA) is 93.2 Å². The molecule has 7 nitrogen and oxygen atoms in total. The Hall–Kier alpha value is -2.96. The number of ether oxygens (including phenoxy) is 1. The normalized spacial score (nSPS) is 10.2. The number of anilines is 2. The summed E-state index contributed by atoms with van der Waals surface area (Å²) in [5.41, 5.74) is 1.25. The molecule has 0 bridgehead atoms. The molecular weight excluding hydrogens is 320 g/mol. The molecule has 1 aromatic carbocycles. The van der Waals surface area contributed by atoms with E-state index >= 15 is 0 Å². The van der Waals surface area contributed by atoms with Crippen molar-refractivity contribution in [3.63, 3.8) is 0 Å². The smallest absolute Gasteiger partial charge is 0.337 e. The standard InChI is InChI=1S/C18H22N4O3/c1-3-4-5-11-19-18-20-12-10-15(22-18)16(23)21-14-8-6-13(7-9-14)17(24)25-2/h6-10,12H,3-5,11H2,1-2H3,(H,21,23)(H,19,20,22). The van der Waals surface area contributed by atoms with Crippen LogP contribution in [-0.2, 0) is 4.74 Å². The molecule has 0 fully saturated rings. The fourth-order valence-electron chi connectivity index (χ4n) is 2.15. The van der Waals surface area contributed by atoms with Crippen molar-refractivity contribution in [1.82, 2.24) is 9.97 Å². The van der Waals surface area contributed by atoms with E-state index in [1.165, 1.54) is 7.11 Å². The molecule has 0 saturated carbocycles. The fraction of sp³-hybridized carbons (Fsp3) is 0.333. The highest BCUT2D eigenvalue weighted by atomic mass is 16.5.